The van der Waals surface area contributed by atoms with Gasteiger partial charge in [-0.2, -0.15) is 0 Å². The van der Waals surface area contributed by atoms with Crippen LogP contribution >= 0.6 is 11.3 Å². The van der Waals surface area contributed by atoms with E-state index < -0.39 is 0 Å². The number of nitrogens with zero attached hydrogens (tertiary/aromatic N) is 2. The number of benzene rings is 2. The molecule has 0 radical (unpaired) electrons. The van der Waals surface area contributed by atoms with Gasteiger partial charge in [-0.3, -0.25) is 4.99 Å². The predicted molar refractivity (Wildman–Crippen MR) is 136 cm³/mol. The standard InChI is InChI=1S/C28H30N2S/c1-6-23(30-28-21(18(2)3)12-9-13-22(28)19(4)5)24-14-10-15-25(29-24)27-17-20-11-7-8-16-26(20)31-27/h7-19H,6H2,1-5H3. The fraction of sp³-hybridized carbons (Fsp3) is 0.286. The Labute approximate surface area is 189 Å². The summed E-state index contributed by atoms with van der Waals surface area (Å²) in [7, 11) is 0. The van der Waals surface area contributed by atoms with Gasteiger partial charge in [-0.1, -0.05) is 77.1 Å². The molecule has 31 heavy (non-hydrogen) atoms. The van der Waals surface area contributed by atoms with E-state index in [1.54, 1.807) is 11.3 Å². The van der Waals surface area contributed by atoms with Crippen molar-refractivity contribution >= 4 is 32.8 Å². The van der Waals surface area contributed by atoms with Crippen LogP contribution in [0.1, 0.15) is 69.7 Å². The van der Waals surface area contributed by atoms with Gasteiger partial charge in [0.2, 0.25) is 0 Å². The first-order chi connectivity index (χ1) is 15.0. The molecule has 3 heteroatoms. The molecular formula is C28H30N2S. The molecule has 0 atom stereocenters. The van der Waals surface area contributed by atoms with Crippen LogP contribution in [0.5, 0.6) is 0 Å². The SMILES string of the molecule is CCC(=Nc1c(C(C)C)cccc1C(C)C)c1cccc(-c2cc3ccccc3s2)n1. The van der Waals surface area contributed by atoms with Gasteiger partial charge in [-0.05, 0) is 59.0 Å². The summed E-state index contributed by atoms with van der Waals surface area (Å²) in [5.74, 6) is 0.849. The van der Waals surface area contributed by atoms with E-state index in [0.717, 1.165) is 29.2 Å². The number of hydrogen-bond acceptors (Lipinski definition) is 3. The summed E-state index contributed by atoms with van der Waals surface area (Å²) in [6.45, 7) is 11.1. The van der Waals surface area contributed by atoms with Crippen molar-refractivity contribution in [2.75, 3.05) is 0 Å². The minimum Gasteiger partial charge on any atom is -0.251 e. The van der Waals surface area contributed by atoms with Crippen molar-refractivity contribution in [2.45, 2.75) is 52.9 Å². The van der Waals surface area contributed by atoms with Crippen LogP contribution in [-0.4, -0.2) is 10.7 Å². The Kier molecular flexibility index (Phi) is 6.33. The maximum atomic E-state index is 5.22. The predicted octanol–water partition coefficient (Wildman–Crippen LogP) is 8.74. The van der Waals surface area contributed by atoms with E-state index in [4.69, 9.17) is 9.98 Å². The average molecular weight is 427 g/mol. The first-order valence-electron chi connectivity index (χ1n) is 11.1. The molecule has 0 aliphatic carbocycles. The normalized spacial score (nSPS) is 12.3. The molecule has 4 rings (SSSR count). The summed E-state index contributed by atoms with van der Waals surface area (Å²) in [5, 5.41) is 1.27. The molecule has 2 aromatic heterocycles. The Balaban J connectivity index is 1.81. The summed E-state index contributed by atoms with van der Waals surface area (Å²) in [6.07, 6.45) is 0.840. The molecule has 0 spiro atoms. The van der Waals surface area contributed by atoms with E-state index in [0.29, 0.717) is 11.8 Å². The van der Waals surface area contributed by atoms with E-state index in [9.17, 15) is 0 Å². The third-order valence-corrected chi connectivity index (χ3v) is 6.79. The monoisotopic (exact) mass is 426 g/mol. The topological polar surface area (TPSA) is 25.2 Å². The fourth-order valence-electron chi connectivity index (χ4n) is 3.93. The van der Waals surface area contributed by atoms with E-state index in [2.05, 4.69) is 101 Å². The first-order valence-corrected chi connectivity index (χ1v) is 12.0. The average Bonchev–Trinajstić information content (AvgIpc) is 3.21. The zero-order valence-electron chi connectivity index (χ0n) is 19.0. The number of rotatable bonds is 6. The first kappa shape index (κ1) is 21.5. The molecule has 2 aromatic carbocycles. The Morgan fingerprint density at radius 3 is 2.19 bits per heavy atom. The van der Waals surface area contributed by atoms with Crippen molar-refractivity contribution in [2.24, 2.45) is 4.99 Å². The van der Waals surface area contributed by atoms with Crippen LogP contribution in [0, 0.1) is 0 Å². The van der Waals surface area contributed by atoms with Crippen LogP contribution in [-0.2, 0) is 0 Å². The zero-order valence-corrected chi connectivity index (χ0v) is 19.8. The molecule has 2 nitrogen and oxygen atoms in total. The Hall–Kier alpha value is -2.78. The third kappa shape index (κ3) is 4.47. The van der Waals surface area contributed by atoms with Crippen LogP contribution in [0.25, 0.3) is 20.7 Å². The molecule has 4 aromatic rings. The zero-order chi connectivity index (χ0) is 22.0. The molecule has 0 aliphatic heterocycles. The van der Waals surface area contributed by atoms with E-state index in [-0.39, 0.29) is 0 Å². The highest BCUT2D eigenvalue weighted by Gasteiger charge is 2.15. The lowest BCUT2D eigenvalue weighted by atomic mass is 9.92. The maximum absolute atomic E-state index is 5.22. The number of pyridine rings is 1. The Morgan fingerprint density at radius 2 is 1.55 bits per heavy atom. The van der Waals surface area contributed by atoms with Crippen molar-refractivity contribution in [3.63, 3.8) is 0 Å². The summed E-state index contributed by atoms with van der Waals surface area (Å²) < 4.78 is 1.29. The lowest BCUT2D eigenvalue weighted by molar-refractivity contribution is 0.834. The highest BCUT2D eigenvalue weighted by atomic mass is 32.1. The van der Waals surface area contributed by atoms with Gasteiger partial charge in [0.25, 0.3) is 0 Å². The van der Waals surface area contributed by atoms with Crippen molar-refractivity contribution in [1.29, 1.82) is 0 Å². The number of fused-ring (bicyclic) bond motifs is 1. The summed E-state index contributed by atoms with van der Waals surface area (Å²) in [4.78, 5) is 11.5. The number of aliphatic imine (C=N–C) groups is 1. The van der Waals surface area contributed by atoms with Gasteiger partial charge in [0.1, 0.15) is 0 Å². The van der Waals surface area contributed by atoms with Crippen LogP contribution in [0.4, 0.5) is 5.69 Å². The fourth-order valence-corrected chi connectivity index (χ4v) is 4.97. The summed E-state index contributed by atoms with van der Waals surface area (Å²) in [6, 6.07) is 23.6. The number of para-hydroxylation sites is 1. The van der Waals surface area contributed by atoms with Crippen LogP contribution < -0.4 is 0 Å². The molecule has 0 N–H and O–H groups in total. The molecule has 2 heterocycles. The van der Waals surface area contributed by atoms with Gasteiger partial charge in [0, 0.05) is 4.70 Å². The minimum atomic E-state index is 0.424. The number of thiophene rings is 1. The van der Waals surface area contributed by atoms with Crippen LogP contribution in [0.3, 0.4) is 0 Å². The molecule has 0 saturated heterocycles. The van der Waals surface area contributed by atoms with Crippen LogP contribution in [0.15, 0.2) is 71.7 Å². The molecule has 0 amide bonds. The van der Waals surface area contributed by atoms with Gasteiger partial charge in [-0.15, -0.1) is 11.3 Å². The molecule has 0 bridgehead atoms. The highest BCUT2D eigenvalue weighted by molar-refractivity contribution is 7.22. The number of aromatic nitrogens is 1. The van der Waals surface area contributed by atoms with Crippen LogP contribution in [0.2, 0.25) is 0 Å². The van der Waals surface area contributed by atoms with Crippen molar-refractivity contribution in [3.8, 4) is 10.6 Å². The molecule has 0 saturated carbocycles. The lowest BCUT2D eigenvalue weighted by Gasteiger charge is -2.17. The number of hydrogen-bond donors (Lipinski definition) is 0. The Morgan fingerprint density at radius 1 is 0.871 bits per heavy atom. The lowest BCUT2D eigenvalue weighted by Crippen LogP contribution is -2.04. The Bertz CT molecular complexity index is 1170. The molecule has 0 fully saturated rings. The minimum absolute atomic E-state index is 0.424. The quantitative estimate of drug-likeness (QED) is 0.283. The smallest absolute Gasteiger partial charge is 0.0852 e. The summed E-state index contributed by atoms with van der Waals surface area (Å²) >= 11 is 1.79. The van der Waals surface area contributed by atoms with Gasteiger partial charge in [0.15, 0.2) is 0 Å². The third-order valence-electron chi connectivity index (χ3n) is 5.65. The molecular weight excluding hydrogens is 396 g/mol. The van der Waals surface area contributed by atoms with Crippen molar-refractivity contribution in [3.05, 3.63) is 83.6 Å². The van der Waals surface area contributed by atoms with E-state index >= 15 is 0 Å². The van der Waals surface area contributed by atoms with E-state index in [1.165, 1.54) is 26.1 Å². The summed E-state index contributed by atoms with van der Waals surface area (Å²) in [5.41, 5.74) is 6.75. The second kappa shape index (κ2) is 9.15. The molecule has 0 unspecified atom stereocenters. The second-order valence-corrected chi connectivity index (χ2v) is 9.65. The second-order valence-electron chi connectivity index (χ2n) is 8.56. The molecule has 158 valence electrons. The maximum Gasteiger partial charge on any atom is 0.0852 e. The van der Waals surface area contributed by atoms with Gasteiger partial charge >= 0.3 is 0 Å². The largest absolute Gasteiger partial charge is 0.251 e. The van der Waals surface area contributed by atoms with Gasteiger partial charge in [-0.25, -0.2) is 4.98 Å². The van der Waals surface area contributed by atoms with Gasteiger partial charge in [0.05, 0.1) is 27.7 Å². The van der Waals surface area contributed by atoms with E-state index in [1.807, 2.05) is 0 Å². The highest BCUT2D eigenvalue weighted by Crippen LogP contribution is 2.36. The van der Waals surface area contributed by atoms with Crippen molar-refractivity contribution in [1.82, 2.24) is 4.98 Å². The van der Waals surface area contributed by atoms with Crippen molar-refractivity contribution < 1.29 is 0 Å². The van der Waals surface area contributed by atoms with Gasteiger partial charge < -0.3 is 0 Å². The molecule has 0 aliphatic rings.